The van der Waals surface area contributed by atoms with Crippen LogP contribution >= 0.6 is 11.6 Å². The summed E-state index contributed by atoms with van der Waals surface area (Å²) in [5, 5.41) is 12.3. The molecule has 0 unspecified atom stereocenters. The van der Waals surface area contributed by atoms with E-state index in [1.165, 1.54) is 17.3 Å². The Bertz CT molecular complexity index is 771. The van der Waals surface area contributed by atoms with Crippen LogP contribution in [0.2, 0.25) is 5.02 Å². The molecule has 0 radical (unpaired) electrons. The molecule has 0 spiro atoms. The van der Waals surface area contributed by atoms with E-state index < -0.39 is 0 Å². The minimum absolute atomic E-state index is 0.422. The van der Waals surface area contributed by atoms with Gasteiger partial charge in [0.25, 0.3) is 0 Å². The lowest BCUT2D eigenvalue weighted by molar-refractivity contribution is 0.306. The highest BCUT2D eigenvalue weighted by atomic mass is 35.5. The average molecular weight is 313 g/mol. The predicted molar refractivity (Wildman–Crippen MR) is 85.2 cm³/mol. The standard InChI is InChI=1S/C16H13ClN4O/c17-16-7-2-1-5-14(16)10-22-15-6-3-4-13(8-15)9-20-21-11-18-19-12-21/h1-9,11-12H,10H2/b20-9-. The van der Waals surface area contributed by atoms with Crippen LogP contribution in [0.15, 0.2) is 66.3 Å². The van der Waals surface area contributed by atoms with Crippen LogP contribution in [-0.2, 0) is 6.61 Å². The second-order valence-electron chi connectivity index (χ2n) is 4.54. The number of halogens is 1. The molecule has 0 N–H and O–H groups in total. The fraction of sp³-hybridized carbons (Fsp3) is 0.0625. The van der Waals surface area contributed by atoms with Crippen molar-refractivity contribution in [1.82, 2.24) is 14.9 Å². The van der Waals surface area contributed by atoms with Gasteiger partial charge in [0.1, 0.15) is 25.0 Å². The van der Waals surface area contributed by atoms with Gasteiger partial charge in [-0.25, -0.2) is 4.68 Å². The molecule has 22 heavy (non-hydrogen) atoms. The molecule has 1 aromatic heterocycles. The van der Waals surface area contributed by atoms with Gasteiger partial charge in [0.05, 0.1) is 6.21 Å². The molecule has 0 atom stereocenters. The molecule has 0 amide bonds. The molecule has 0 aliphatic heterocycles. The van der Waals surface area contributed by atoms with Gasteiger partial charge < -0.3 is 4.74 Å². The smallest absolute Gasteiger partial charge is 0.141 e. The van der Waals surface area contributed by atoms with Crippen molar-refractivity contribution in [2.75, 3.05) is 0 Å². The lowest BCUT2D eigenvalue weighted by Gasteiger charge is -2.08. The van der Waals surface area contributed by atoms with Crippen LogP contribution in [-0.4, -0.2) is 21.1 Å². The molecule has 0 aliphatic rings. The molecular weight excluding hydrogens is 300 g/mol. The number of ether oxygens (including phenoxy) is 1. The molecule has 0 aliphatic carbocycles. The first-order valence-corrected chi connectivity index (χ1v) is 7.04. The Hall–Kier alpha value is -2.66. The Kier molecular flexibility index (Phi) is 4.46. The zero-order chi connectivity index (χ0) is 15.2. The van der Waals surface area contributed by atoms with Gasteiger partial charge in [0, 0.05) is 10.6 Å². The number of benzene rings is 2. The van der Waals surface area contributed by atoms with Crippen LogP contribution in [0.1, 0.15) is 11.1 Å². The number of hydrogen-bond acceptors (Lipinski definition) is 4. The van der Waals surface area contributed by atoms with Gasteiger partial charge in [0.15, 0.2) is 0 Å². The monoisotopic (exact) mass is 312 g/mol. The molecule has 110 valence electrons. The maximum Gasteiger partial charge on any atom is 0.141 e. The van der Waals surface area contributed by atoms with Gasteiger partial charge in [-0.05, 0) is 23.8 Å². The molecule has 1 heterocycles. The maximum atomic E-state index is 6.11. The molecule has 3 aromatic rings. The van der Waals surface area contributed by atoms with Crippen molar-refractivity contribution in [2.24, 2.45) is 5.10 Å². The summed E-state index contributed by atoms with van der Waals surface area (Å²) in [5.41, 5.74) is 1.87. The molecule has 3 rings (SSSR count). The van der Waals surface area contributed by atoms with E-state index in [0.29, 0.717) is 11.6 Å². The van der Waals surface area contributed by atoms with E-state index in [-0.39, 0.29) is 0 Å². The Morgan fingerprint density at radius 3 is 2.73 bits per heavy atom. The number of nitrogens with zero attached hydrogens (tertiary/aromatic N) is 4. The highest BCUT2D eigenvalue weighted by Gasteiger charge is 2.01. The fourth-order valence-electron chi connectivity index (χ4n) is 1.85. The molecule has 5 nitrogen and oxygen atoms in total. The Morgan fingerprint density at radius 2 is 1.91 bits per heavy atom. The molecule has 0 fully saturated rings. The Balaban J connectivity index is 1.68. The fourth-order valence-corrected chi connectivity index (χ4v) is 2.04. The molecule has 0 saturated heterocycles. The lowest BCUT2D eigenvalue weighted by atomic mass is 10.2. The minimum Gasteiger partial charge on any atom is -0.489 e. The van der Waals surface area contributed by atoms with Crippen LogP contribution in [0, 0.1) is 0 Å². The van der Waals surface area contributed by atoms with Crippen molar-refractivity contribution in [3.05, 3.63) is 77.3 Å². The zero-order valence-corrected chi connectivity index (χ0v) is 12.4. The third-order valence-corrected chi connectivity index (χ3v) is 3.33. The van der Waals surface area contributed by atoms with Gasteiger partial charge >= 0.3 is 0 Å². The van der Waals surface area contributed by atoms with Crippen molar-refractivity contribution < 1.29 is 4.74 Å². The van der Waals surface area contributed by atoms with E-state index in [0.717, 1.165) is 16.9 Å². The van der Waals surface area contributed by atoms with Crippen LogP contribution in [0.3, 0.4) is 0 Å². The van der Waals surface area contributed by atoms with Crippen LogP contribution in [0.4, 0.5) is 0 Å². The Labute approximate surface area is 132 Å². The van der Waals surface area contributed by atoms with Gasteiger partial charge in [-0.3, -0.25) is 0 Å². The van der Waals surface area contributed by atoms with E-state index in [9.17, 15) is 0 Å². The van der Waals surface area contributed by atoms with Crippen molar-refractivity contribution in [3.63, 3.8) is 0 Å². The highest BCUT2D eigenvalue weighted by Crippen LogP contribution is 2.19. The first-order chi connectivity index (χ1) is 10.8. The van der Waals surface area contributed by atoms with E-state index in [4.69, 9.17) is 16.3 Å². The first kappa shape index (κ1) is 14.3. The quantitative estimate of drug-likeness (QED) is 0.679. The van der Waals surface area contributed by atoms with Gasteiger partial charge in [-0.2, -0.15) is 5.10 Å². The van der Waals surface area contributed by atoms with Gasteiger partial charge in [-0.1, -0.05) is 41.9 Å². The van der Waals surface area contributed by atoms with E-state index in [1.54, 1.807) is 6.21 Å². The summed E-state index contributed by atoms with van der Waals surface area (Å²) in [6.07, 6.45) is 4.76. The van der Waals surface area contributed by atoms with Crippen molar-refractivity contribution in [1.29, 1.82) is 0 Å². The van der Waals surface area contributed by atoms with Crippen LogP contribution in [0.5, 0.6) is 5.75 Å². The topological polar surface area (TPSA) is 52.3 Å². The van der Waals surface area contributed by atoms with Gasteiger partial charge in [-0.15, -0.1) is 10.2 Å². The first-order valence-electron chi connectivity index (χ1n) is 6.66. The number of aromatic nitrogens is 3. The van der Waals surface area contributed by atoms with E-state index >= 15 is 0 Å². The second-order valence-corrected chi connectivity index (χ2v) is 4.95. The van der Waals surface area contributed by atoms with Crippen molar-refractivity contribution >= 4 is 17.8 Å². The molecule has 0 saturated carbocycles. The molecule has 2 aromatic carbocycles. The maximum absolute atomic E-state index is 6.11. The highest BCUT2D eigenvalue weighted by molar-refractivity contribution is 6.31. The predicted octanol–water partition coefficient (Wildman–Crippen LogP) is 3.39. The summed E-state index contributed by atoms with van der Waals surface area (Å²) in [5.74, 6) is 0.757. The third kappa shape index (κ3) is 3.71. The van der Waals surface area contributed by atoms with Crippen LogP contribution in [0.25, 0.3) is 0 Å². The lowest BCUT2D eigenvalue weighted by Crippen LogP contribution is -1.96. The average Bonchev–Trinajstić information content (AvgIpc) is 3.06. The van der Waals surface area contributed by atoms with Crippen molar-refractivity contribution in [2.45, 2.75) is 6.61 Å². The van der Waals surface area contributed by atoms with E-state index in [1.807, 2.05) is 48.5 Å². The summed E-state index contributed by atoms with van der Waals surface area (Å²) < 4.78 is 7.30. The SMILES string of the molecule is Clc1ccccc1COc1cccc(/C=N\n2cnnc2)c1. The number of hydrogen-bond donors (Lipinski definition) is 0. The molecule has 0 bridgehead atoms. The summed E-state index contributed by atoms with van der Waals surface area (Å²) >= 11 is 6.11. The third-order valence-electron chi connectivity index (χ3n) is 2.96. The van der Waals surface area contributed by atoms with E-state index in [2.05, 4.69) is 15.3 Å². The molecular formula is C16H13ClN4O. The van der Waals surface area contributed by atoms with Crippen molar-refractivity contribution in [3.8, 4) is 5.75 Å². The summed E-state index contributed by atoms with van der Waals surface area (Å²) in [6.45, 7) is 0.422. The minimum atomic E-state index is 0.422. The second kappa shape index (κ2) is 6.87. The summed E-state index contributed by atoms with van der Waals surface area (Å²) in [4.78, 5) is 0. The zero-order valence-electron chi connectivity index (χ0n) is 11.6. The normalized spacial score (nSPS) is 11.0. The largest absolute Gasteiger partial charge is 0.489 e. The van der Waals surface area contributed by atoms with Gasteiger partial charge in [0.2, 0.25) is 0 Å². The number of rotatable bonds is 5. The van der Waals surface area contributed by atoms with Crippen LogP contribution < -0.4 is 4.74 Å². The Morgan fingerprint density at radius 1 is 1.09 bits per heavy atom. The summed E-state index contributed by atoms with van der Waals surface area (Å²) in [6, 6.07) is 15.3. The molecule has 6 heteroatoms. The summed E-state index contributed by atoms with van der Waals surface area (Å²) in [7, 11) is 0.